The lowest BCUT2D eigenvalue weighted by atomic mass is 9.99. The Hall–Kier alpha value is -0.930. The Labute approximate surface area is 130 Å². The maximum atomic E-state index is 11.6. The molecule has 0 aromatic heterocycles. The van der Waals surface area contributed by atoms with Crippen LogP contribution in [0.5, 0.6) is 0 Å². The normalized spacial score (nSPS) is 31.8. The van der Waals surface area contributed by atoms with Crippen molar-refractivity contribution in [3.05, 3.63) is 0 Å². The molecule has 130 valence electrons. The number of hydrogen-bond acceptors (Lipinski definition) is 7. The fourth-order valence-electron chi connectivity index (χ4n) is 2.28. The summed E-state index contributed by atoms with van der Waals surface area (Å²) < 4.78 is 9.78. The van der Waals surface area contributed by atoms with Gasteiger partial charge in [0.2, 0.25) is 0 Å². The van der Waals surface area contributed by atoms with Crippen molar-refractivity contribution < 1.29 is 34.7 Å². The summed E-state index contributed by atoms with van der Waals surface area (Å²) in [5.41, 5.74) is 0. The van der Waals surface area contributed by atoms with Crippen molar-refractivity contribution >= 4 is 6.09 Å². The van der Waals surface area contributed by atoms with Crippen LogP contribution in [0.25, 0.3) is 0 Å². The number of aliphatic hydroxyl groups is 4. The van der Waals surface area contributed by atoms with Crippen LogP contribution in [0.2, 0.25) is 0 Å². The molecule has 22 heavy (non-hydrogen) atoms. The van der Waals surface area contributed by atoms with E-state index in [1.54, 1.807) is 0 Å². The van der Waals surface area contributed by atoms with Gasteiger partial charge in [-0.25, -0.2) is 4.79 Å². The largest absolute Gasteiger partial charge is 0.438 e. The van der Waals surface area contributed by atoms with E-state index in [4.69, 9.17) is 14.6 Å². The van der Waals surface area contributed by atoms with Crippen LogP contribution in [0.3, 0.4) is 0 Å². The standard InChI is InChI=1S/C14H27NO7/c1-2-3-4-5-6-7-15-14(20)22-12-11(18)10(17)9(8-16)21-13(12)19/h9-13,16-19H,2-8H2,1H3,(H,15,20)/t9-,10-,11+,12-,13+/m1/s1. The Morgan fingerprint density at radius 3 is 2.45 bits per heavy atom. The van der Waals surface area contributed by atoms with Gasteiger partial charge in [-0.2, -0.15) is 0 Å². The van der Waals surface area contributed by atoms with Crippen molar-refractivity contribution in [2.75, 3.05) is 13.2 Å². The molecule has 1 amide bonds. The summed E-state index contributed by atoms with van der Waals surface area (Å²) in [6.07, 6.45) is -2.67. The van der Waals surface area contributed by atoms with E-state index in [-0.39, 0.29) is 0 Å². The molecule has 1 rings (SSSR count). The van der Waals surface area contributed by atoms with Gasteiger partial charge >= 0.3 is 6.09 Å². The highest BCUT2D eigenvalue weighted by Crippen LogP contribution is 2.22. The summed E-state index contributed by atoms with van der Waals surface area (Å²) in [6, 6.07) is 0. The molecule has 1 heterocycles. The number of unbranched alkanes of at least 4 members (excludes halogenated alkanes) is 4. The minimum absolute atomic E-state index is 0.435. The van der Waals surface area contributed by atoms with Crippen molar-refractivity contribution in [3.8, 4) is 0 Å². The van der Waals surface area contributed by atoms with Crippen LogP contribution < -0.4 is 5.32 Å². The van der Waals surface area contributed by atoms with Crippen molar-refractivity contribution in [1.82, 2.24) is 5.32 Å². The second-order valence-electron chi connectivity index (χ2n) is 5.44. The molecule has 0 bridgehead atoms. The second-order valence-corrected chi connectivity index (χ2v) is 5.44. The lowest BCUT2D eigenvalue weighted by Gasteiger charge is -2.39. The first-order valence-electron chi connectivity index (χ1n) is 7.76. The Morgan fingerprint density at radius 1 is 1.14 bits per heavy atom. The number of amides is 1. The zero-order valence-electron chi connectivity index (χ0n) is 12.9. The summed E-state index contributed by atoms with van der Waals surface area (Å²) in [5.74, 6) is 0. The predicted octanol–water partition coefficient (Wildman–Crippen LogP) is -0.517. The third-order valence-corrected chi connectivity index (χ3v) is 3.64. The Kier molecular flexibility index (Phi) is 8.66. The van der Waals surface area contributed by atoms with Gasteiger partial charge in [-0.1, -0.05) is 32.6 Å². The van der Waals surface area contributed by atoms with Gasteiger partial charge in [0, 0.05) is 6.54 Å². The lowest BCUT2D eigenvalue weighted by molar-refractivity contribution is -0.285. The maximum absolute atomic E-state index is 11.6. The van der Waals surface area contributed by atoms with Gasteiger partial charge in [0.05, 0.1) is 6.61 Å². The molecule has 0 unspecified atom stereocenters. The number of nitrogens with one attached hydrogen (secondary N) is 1. The predicted molar refractivity (Wildman–Crippen MR) is 77.0 cm³/mol. The third-order valence-electron chi connectivity index (χ3n) is 3.64. The van der Waals surface area contributed by atoms with Gasteiger partial charge < -0.3 is 35.2 Å². The average Bonchev–Trinajstić information content (AvgIpc) is 2.50. The van der Waals surface area contributed by atoms with Gasteiger partial charge in [0.25, 0.3) is 0 Å². The quantitative estimate of drug-likeness (QED) is 0.381. The molecule has 0 aromatic carbocycles. The molecule has 0 aliphatic carbocycles. The van der Waals surface area contributed by atoms with Gasteiger partial charge in [-0.3, -0.25) is 0 Å². The van der Waals surface area contributed by atoms with Crippen molar-refractivity contribution in [3.63, 3.8) is 0 Å². The van der Waals surface area contributed by atoms with E-state index in [0.717, 1.165) is 32.1 Å². The summed E-state index contributed by atoms with van der Waals surface area (Å²) in [4.78, 5) is 11.6. The SMILES string of the molecule is CCCCCCCNC(=O)O[C@@H]1[C@@H](O)[C@H](O)[C@@H](CO)O[C@@H]1O. The van der Waals surface area contributed by atoms with Crippen LogP contribution in [0.1, 0.15) is 39.0 Å². The number of carbonyl (C=O) groups is 1. The fourth-order valence-corrected chi connectivity index (χ4v) is 2.28. The zero-order valence-corrected chi connectivity index (χ0v) is 12.9. The Balaban J connectivity index is 2.31. The summed E-state index contributed by atoms with van der Waals surface area (Å²) in [6.45, 7) is 1.99. The molecule has 5 atom stereocenters. The first-order chi connectivity index (χ1) is 10.5. The van der Waals surface area contributed by atoms with E-state index in [1.165, 1.54) is 0 Å². The summed E-state index contributed by atoms with van der Waals surface area (Å²) in [7, 11) is 0. The fraction of sp³-hybridized carbons (Fsp3) is 0.929. The van der Waals surface area contributed by atoms with Crippen molar-refractivity contribution in [2.45, 2.75) is 69.7 Å². The smallest absolute Gasteiger partial charge is 0.407 e. The van der Waals surface area contributed by atoms with E-state index in [9.17, 15) is 20.1 Å². The Morgan fingerprint density at radius 2 is 1.82 bits per heavy atom. The number of hydrogen-bond donors (Lipinski definition) is 5. The van der Waals surface area contributed by atoms with Crippen LogP contribution in [0.15, 0.2) is 0 Å². The summed E-state index contributed by atoms with van der Waals surface area (Å²) in [5, 5.41) is 40.6. The molecule has 1 fully saturated rings. The molecule has 5 N–H and O–H groups in total. The average molecular weight is 321 g/mol. The van der Waals surface area contributed by atoms with Crippen LogP contribution in [0, 0.1) is 0 Å². The number of alkyl carbamates (subject to hydrolysis) is 1. The maximum Gasteiger partial charge on any atom is 0.407 e. The minimum Gasteiger partial charge on any atom is -0.438 e. The number of ether oxygens (including phenoxy) is 2. The number of carbonyl (C=O) groups excluding carboxylic acids is 1. The highest BCUT2D eigenvalue weighted by atomic mass is 16.7. The Bertz CT molecular complexity index is 328. The zero-order chi connectivity index (χ0) is 16.5. The van der Waals surface area contributed by atoms with Crippen molar-refractivity contribution in [1.29, 1.82) is 0 Å². The number of aliphatic hydroxyl groups excluding tert-OH is 4. The molecule has 0 spiro atoms. The van der Waals surface area contributed by atoms with Gasteiger partial charge in [-0.05, 0) is 6.42 Å². The minimum atomic E-state index is -1.61. The van der Waals surface area contributed by atoms with E-state index in [2.05, 4.69) is 12.2 Å². The van der Waals surface area contributed by atoms with E-state index >= 15 is 0 Å². The van der Waals surface area contributed by atoms with E-state index < -0.39 is 43.4 Å². The monoisotopic (exact) mass is 321 g/mol. The topological polar surface area (TPSA) is 128 Å². The van der Waals surface area contributed by atoms with Gasteiger partial charge in [-0.15, -0.1) is 0 Å². The molecule has 0 saturated carbocycles. The molecule has 1 aliphatic heterocycles. The van der Waals surface area contributed by atoms with Gasteiger partial charge in [0.15, 0.2) is 12.4 Å². The molecule has 8 nitrogen and oxygen atoms in total. The molecule has 1 saturated heterocycles. The highest BCUT2D eigenvalue weighted by Gasteiger charge is 2.45. The summed E-state index contributed by atoms with van der Waals surface area (Å²) >= 11 is 0. The van der Waals surface area contributed by atoms with Crippen LogP contribution >= 0.6 is 0 Å². The van der Waals surface area contributed by atoms with E-state index in [1.807, 2.05) is 0 Å². The molecular weight excluding hydrogens is 294 g/mol. The van der Waals surface area contributed by atoms with Crippen LogP contribution in [-0.4, -0.2) is 70.4 Å². The first-order valence-corrected chi connectivity index (χ1v) is 7.76. The van der Waals surface area contributed by atoms with E-state index in [0.29, 0.717) is 6.54 Å². The molecule has 1 aliphatic rings. The second kappa shape index (κ2) is 9.96. The van der Waals surface area contributed by atoms with Crippen LogP contribution in [-0.2, 0) is 9.47 Å². The molecular formula is C14H27NO7. The molecule has 0 radical (unpaired) electrons. The third kappa shape index (κ3) is 5.69. The number of rotatable bonds is 8. The molecule has 8 heteroatoms. The highest BCUT2D eigenvalue weighted by molar-refractivity contribution is 5.67. The van der Waals surface area contributed by atoms with Gasteiger partial charge in [0.1, 0.15) is 18.3 Å². The molecule has 0 aromatic rings. The first kappa shape index (κ1) is 19.1. The lowest BCUT2D eigenvalue weighted by Crippen LogP contribution is -2.60. The van der Waals surface area contributed by atoms with Crippen LogP contribution in [0.4, 0.5) is 4.79 Å². The van der Waals surface area contributed by atoms with Crippen molar-refractivity contribution in [2.24, 2.45) is 0 Å².